The molecule has 0 aliphatic heterocycles. The summed E-state index contributed by atoms with van der Waals surface area (Å²) in [5.41, 5.74) is 0.0153. The molecule has 1 N–H and O–H groups in total. The highest BCUT2D eigenvalue weighted by atomic mass is 32.2. The van der Waals surface area contributed by atoms with Crippen molar-refractivity contribution in [2.24, 2.45) is 0 Å². The number of carbonyl (C=O) groups is 1. The molecule has 0 spiro atoms. The minimum absolute atomic E-state index is 0.0153. The molecule has 1 heterocycles. The molecule has 0 fully saturated rings. The summed E-state index contributed by atoms with van der Waals surface area (Å²) in [6.45, 7) is 1.61. The lowest BCUT2D eigenvalue weighted by molar-refractivity contribution is -0.121. The lowest BCUT2D eigenvalue weighted by Gasteiger charge is -2.01. The molecule has 0 aliphatic carbocycles. The lowest BCUT2D eigenvalue weighted by Crippen LogP contribution is -2.21. The first-order valence-electron chi connectivity index (χ1n) is 6.47. The minimum Gasteiger partial charge on any atom is -0.411 e. The van der Waals surface area contributed by atoms with E-state index in [1.54, 1.807) is 6.92 Å². The average Bonchev–Trinajstić information content (AvgIpc) is 2.97. The molecular formula is C13H14FN3O4S. The highest BCUT2D eigenvalue weighted by molar-refractivity contribution is 7.90. The van der Waals surface area contributed by atoms with Crippen molar-refractivity contribution in [3.05, 3.63) is 41.5 Å². The third-order valence-electron chi connectivity index (χ3n) is 2.78. The summed E-state index contributed by atoms with van der Waals surface area (Å²) >= 11 is 0. The van der Waals surface area contributed by atoms with Crippen LogP contribution in [-0.2, 0) is 26.9 Å². The van der Waals surface area contributed by atoms with Crippen LogP contribution in [-0.4, -0.2) is 24.5 Å². The molecule has 2 aromatic rings. The second-order valence-electron chi connectivity index (χ2n) is 4.44. The van der Waals surface area contributed by atoms with Crippen molar-refractivity contribution in [2.75, 3.05) is 0 Å². The Morgan fingerprint density at radius 3 is 2.73 bits per heavy atom. The van der Waals surface area contributed by atoms with Gasteiger partial charge in [-0.2, -0.15) is 0 Å². The summed E-state index contributed by atoms with van der Waals surface area (Å²) in [6, 6.07) is 5.54. The van der Waals surface area contributed by atoms with Gasteiger partial charge in [-0.3, -0.25) is 4.79 Å². The molecule has 0 aliphatic rings. The fourth-order valence-electron chi connectivity index (χ4n) is 1.62. The number of amides is 1. The van der Waals surface area contributed by atoms with E-state index in [0.29, 0.717) is 0 Å². The Kier molecular flexibility index (Phi) is 4.86. The maximum atomic E-state index is 13.5. The number of hydrogen-bond donors (Lipinski definition) is 1. The maximum Gasteiger partial charge on any atom is 0.335 e. The highest BCUT2D eigenvalue weighted by Crippen LogP contribution is 2.17. The van der Waals surface area contributed by atoms with E-state index in [9.17, 15) is 17.6 Å². The van der Waals surface area contributed by atoms with Crippen molar-refractivity contribution < 1.29 is 22.0 Å². The van der Waals surface area contributed by atoms with Gasteiger partial charge in [0.25, 0.3) is 0 Å². The van der Waals surface area contributed by atoms with Gasteiger partial charge in [-0.05, 0) is 6.07 Å². The van der Waals surface area contributed by atoms with Crippen LogP contribution in [0.25, 0.3) is 0 Å². The van der Waals surface area contributed by atoms with Crippen LogP contribution >= 0.6 is 0 Å². The van der Waals surface area contributed by atoms with E-state index in [2.05, 4.69) is 15.5 Å². The second-order valence-corrected chi connectivity index (χ2v) is 6.31. The van der Waals surface area contributed by atoms with Crippen molar-refractivity contribution in [1.29, 1.82) is 0 Å². The number of sulfone groups is 1. The normalized spacial score (nSPS) is 11.4. The zero-order valence-corrected chi connectivity index (χ0v) is 12.6. The Morgan fingerprint density at radius 1 is 1.32 bits per heavy atom. The van der Waals surface area contributed by atoms with Crippen molar-refractivity contribution in [3.8, 4) is 0 Å². The number of halogens is 1. The van der Waals surface area contributed by atoms with E-state index in [1.807, 2.05) is 0 Å². The number of hydrogen-bond acceptors (Lipinski definition) is 6. The molecule has 1 amide bonds. The third kappa shape index (κ3) is 3.88. The van der Waals surface area contributed by atoms with Gasteiger partial charge in [0.1, 0.15) is 5.82 Å². The summed E-state index contributed by atoms with van der Waals surface area (Å²) in [5.74, 6) is -1.47. The molecule has 118 valence electrons. The fraction of sp³-hybridized carbons (Fsp3) is 0.308. The number of carbonyl (C=O) groups excluding carboxylic acids is 1. The number of nitrogens with one attached hydrogen (secondary N) is 1. The highest BCUT2D eigenvalue weighted by Gasteiger charge is 2.24. The number of nitrogens with zero attached hydrogens (tertiary/aromatic N) is 2. The van der Waals surface area contributed by atoms with Gasteiger partial charge in [0.15, 0.2) is 0 Å². The van der Waals surface area contributed by atoms with Gasteiger partial charge >= 0.3 is 5.22 Å². The SMILES string of the molecule is CCC(=O)NCc1nnc(S(=O)(=O)Cc2ccccc2F)o1. The van der Waals surface area contributed by atoms with Gasteiger partial charge in [0.2, 0.25) is 21.6 Å². The van der Waals surface area contributed by atoms with E-state index in [0.717, 1.165) is 0 Å². The molecule has 2 rings (SSSR count). The largest absolute Gasteiger partial charge is 0.411 e. The molecule has 0 radical (unpaired) electrons. The van der Waals surface area contributed by atoms with Crippen LogP contribution in [0.15, 0.2) is 33.9 Å². The van der Waals surface area contributed by atoms with Gasteiger partial charge < -0.3 is 9.73 Å². The molecule has 7 nitrogen and oxygen atoms in total. The van der Waals surface area contributed by atoms with Crippen LogP contribution < -0.4 is 5.32 Å². The van der Waals surface area contributed by atoms with Crippen molar-refractivity contribution in [2.45, 2.75) is 30.9 Å². The van der Waals surface area contributed by atoms with Gasteiger partial charge in [0, 0.05) is 12.0 Å². The summed E-state index contributed by atoms with van der Waals surface area (Å²) in [6.07, 6.45) is 0.284. The zero-order chi connectivity index (χ0) is 16.2. The van der Waals surface area contributed by atoms with E-state index < -0.39 is 26.6 Å². The Balaban J connectivity index is 2.12. The molecular weight excluding hydrogens is 313 g/mol. The quantitative estimate of drug-likeness (QED) is 0.855. The smallest absolute Gasteiger partial charge is 0.335 e. The first-order chi connectivity index (χ1) is 10.4. The Hall–Kier alpha value is -2.29. The van der Waals surface area contributed by atoms with Crippen LogP contribution in [0.2, 0.25) is 0 Å². The molecule has 9 heteroatoms. The molecule has 0 saturated carbocycles. The Bertz CT molecular complexity index is 773. The first kappa shape index (κ1) is 16.1. The van der Waals surface area contributed by atoms with Crippen molar-refractivity contribution in [1.82, 2.24) is 15.5 Å². The monoisotopic (exact) mass is 327 g/mol. The van der Waals surface area contributed by atoms with Crippen LogP contribution in [0, 0.1) is 5.82 Å². The predicted octanol–water partition coefficient (Wildman–Crippen LogP) is 1.21. The number of benzene rings is 1. The van der Waals surface area contributed by atoms with Crippen molar-refractivity contribution >= 4 is 15.7 Å². The van der Waals surface area contributed by atoms with Gasteiger partial charge in [-0.15, -0.1) is 5.10 Å². The van der Waals surface area contributed by atoms with E-state index >= 15 is 0 Å². The van der Waals surface area contributed by atoms with E-state index in [4.69, 9.17) is 4.42 Å². The third-order valence-corrected chi connectivity index (χ3v) is 4.16. The number of aromatic nitrogens is 2. The molecule has 0 bridgehead atoms. The molecule has 1 aromatic heterocycles. The zero-order valence-electron chi connectivity index (χ0n) is 11.7. The molecule has 1 aromatic carbocycles. The van der Waals surface area contributed by atoms with Crippen molar-refractivity contribution in [3.63, 3.8) is 0 Å². The summed E-state index contributed by atoms with van der Waals surface area (Å²) < 4.78 is 42.7. The van der Waals surface area contributed by atoms with Crippen LogP contribution in [0.5, 0.6) is 0 Å². The minimum atomic E-state index is -3.95. The molecule has 0 unspecified atom stereocenters. The number of rotatable bonds is 6. The standard InChI is InChI=1S/C13H14FN3O4S/c1-2-11(18)15-7-12-16-17-13(21-12)22(19,20)8-9-5-3-4-6-10(9)14/h3-6H,2,7-8H2,1H3,(H,15,18). The average molecular weight is 327 g/mol. The molecule has 0 atom stereocenters. The lowest BCUT2D eigenvalue weighted by atomic mass is 10.2. The van der Waals surface area contributed by atoms with Gasteiger partial charge in [-0.1, -0.05) is 30.2 Å². The van der Waals surface area contributed by atoms with Crippen LogP contribution in [0.1, 0.15) is 24.8 Å². The summed E-state index contributed by atoms with van der Waals surface area (Å²) in [4.78, 5) is 11.1. The molecule has 0 saturated heterocycles. The molecule has 22 heavy (non-hydrogen) atoms. The summed E-state index contributed by atoms with van der Waals surface area (Å²) in [5, 5.41) is 8.87. The van der Waals surface area contributed by atoms with E-state index in [1.165, 1.54) is 24.3 Å². The topological polar surface area (TPSA) is 102 Å². The summed E-state index contributed by atoms with van der Waals surface area (Å²) in [7, 11) is -3.95. The Morgan fingerprint density at radius 2 is 2.05 bits per heavy atom. The second kappa shape index (κ2) is 6.65. The Labute approximate surface area is 126 Å². The van der Waals surface area contributed by atoms with Gasteiger partial charge in [0.05, 0.1) is 12.3 Å². The van der Waals surface area contributed by atoms with Crippen LogP contribution in [0.3, 0.4) is 0 Å². The maximum absolute atomic E-state index is 13.5. The predicted molar refractivity (Wildman–Crippen MR) is 73.7 cm³/mol. The van der Waals surface area contributed by atoms with Crippen LogP contribution in [0.4, 0.5) is 4.39 Å². The first-order valence-corrected chi connectivity index (χ1v) is 8.13. The van der Waals surface area contributed by atoms with E-state index in [-0.39, 0.29) is 30.3 Å². The fourth-order valence-corrected chi connectivity index (χ4v) is 2.77. The van der Waals surface area contributed by atoms with Gasteiger partial charge in [-0.25, -0.2) is 12.8 Å².